The van der Waals surface area contributed by atoms with Crippen molar-refractivity contribution in [3.63, 3.8) is 0 Å². The van der Waals surface area contributed by atoms with Crippen molar-refractivity contribution in [3.05, 3.63) is 59.2 Å². The van der Waals surface area contributed by atoms with Gasteiger partial charge in [0, 0.05) is 16.9 Å². The third-order valence-electron chi connectivity index (χ3n) is 2.98. The van der Waals surface area contributed by atoms with E-state index in [1.807, 2.05) is 0 Å². The van der Waals surface area contributed by atoms with Crippen LogP contribution in [0.5, 0.6) is 0 Å². The smallest absolute Gasteiger partial charge is 0.0460 e. The Morgan fingerprint density at radius 3 is 2.56 bits per heavy atom. The lowest BCUT2D eigenvalue weighted by molar-refractivity contribution is 1.43. The number of benzene rings is 2. The maximum absolute atomic E-state index is 3.48. The fraction of sp³-hybridized carbons (Fsp3) is 0.0667. The number of rotatable bonds is 0. The van der Waals surface area contributed by atoms with Gasteiger partial charge in [0.25, 0.3) is 0 Å². The summed E-state index contributed by atoms with van der Waals surface area (Å²) in [6.45, 7) is 2.14. The SMILES string of the molecule is Cc1cccc2c1C=Cc1ccccc1N2. The van der Waals surface area contributed by atoms with Gasteiger partial charge in [-0.15, -0.1) is 0 Å². The molecule has 2 aromatic carbocycles. The Labute approximate surface area is 95.4 Å². The highest BCUT2D eigenvalue weighted by Gasteiger charge is 2.08. The molecule has 0 unspecified atom stereocenters. The lowest BCUT2D eigenvalue weighted by atomic mass is 10.1. The first kappa shape index (κ1) is 9.22. The van der Waals surface area contributed by atoms with Crippen LogP contribution in [0.1, 0.15) is 16.7 Å². The molecular formula is C15H13N. The highest BCUT2D eigenvalue weighted by molar-refractivity contribution is 5.88. The molecule has 0 atom stereocenters. The zero-order chi connectivity index (χ0) is 11.0. The van der Waals surface area contributed by atoms with E-state index >= 15 is 0 Å². The molecule has 0 saturated carbocycles. The molecule has 0 amide bonds. The highest BCUT2D eigenvalue weighted by atomic mass is 14.9. The maximum Gasteiger partial charge on any atom is 0.0460 e. The van der Waals surface area contributed by atoms with Crippen LogP contribution in [0, 0.1) is 6.92 Å². The molecule has 3 rings (SSSR count). The van der Waals surface area contributed by atoms with Gasteiger partial charge in [-0.1, -0.05) is 42.5 Å². The average Bonchev–Trinajstić information content (AvgIpc) is 2.48. The molecule has 1 N–H and O–H groups in total. The van der Waals surface area contributed by atoms with E-state index in [0.29, 0.717) is 0 Å². The molecule has 0 aromatic heterocycles. The van der Waals surface area contributed by atoms with Crippen LogP contribution >= 0.6 is 0 Å². The Morgan fingerprint density at radius 2 is 1.62 bits per heavy atom. The van der Waals surface area contributed by atoms with Crippen molar-refractivity contribution < 1.29 is 0 Å². The average molecular weight is 207 g/mol. The lowest BCUT2D eigenvalue weighted by Gasteiger charge is -2.10. The summed E-state index contributed by atoms with van der Waals surface area (Å²) in [5, 5.41) is 3.48. The molecule has 0 radical (unpaired) electrons. The summed E-state index contributed by atoms with van der Waals surface area (Å²) >= 11 is 0. The van der Waals surface area contributed by atoms with Gasteiger partial charge in [-0.2, -0.15) is 0 Å². The van der Waals surface area contributed by atoms with Gasteiger partial charge in [0.1, 0.15) is 0 Å². The van der Waals surface area contributed by atoms with E-state index in [1.54, 1.807) is 0 Å². The number of aryl methyl sites for hydroxylation is 1. The summed E-state index contributed by atoms with van der Waals surface area (Å²) in [4.78, 5) is 0. The predicted octanol–water partition coefficient (Wildman–Crippen LogP) is 4.22. The molecule has 1 heteroatoms. The van der Waals surface area contributed by atoms with Crippen molar-refractivity contribution in [3.8, 4) is 0 Å². The Hall–Kier alpha value is -2.02. The molecule has 1 nitrogen and oxygen atoms in total. The van der Waals surface area contributed by atoms with Gasteiger partial charge in [0.2, 0.25) is 0 Å². The molecule has 0 spiro atoms. The van der Waals surface area contributed by atoms with Crippen molar-refractivity contribution in [2.75, 3.05) is 5.32 Å². The summed E-state index contributed by atoms with van der Waals surface area (Å²) in [7, 11) is 0. The Morgan fingerprint density at radius 1 is 0.812 bits per heavy atom. The van der Waals surface area contributed by atoms with Crippen molar-refractivity contribution in [1.29, 1.82) is 0 Å². The highest BCUT2D eigenvalue weighted by Crippen LogP contribution is 2.31. The molecule has 0 saturated heterocycles. The molecule has 1 aliphatic heterocycles. The van der Waals surface area contributed by atoms with Crippen molar-refractivity contribution >= 4 is 23.5 Å². The molecule has 16 heavy (non-hydrogen) atoms. The molecule has 0 fully saturated rings. The van der Waals surface area contributed by atoms with Crippen LogP contribution in [0.4, 0.5) is 11.4 Å². The van der Waals surface area contributed by atoms with Gasteiger partial charge in [-0.25, -0.2) is 0 Å². The topological polar surface area (TPSA) is 12.0 Å². The first-order valence-corrected chi connectivity index (χ1v) is 5.48. The van der Waals surface area contributed by atoms with Crippen LogP contribution in [0.15, 0.2) is 42.5 Å². The summed E-state index contributed by atoms with van der Waals surface area (Å²) < 4.78 is 0. The summed E-state index contributed by atoms with van der Waals surface area (Å²) in [5.74, 6) is 0. The largest absolute Gasteiger partial charge is 0.355 e. The van der Waals surface area contributed by atoms with Gasteiger partial charge >= 0.3 is 0 Å². The van der Waals surface area contributed by atoms with Gasteiger partial charge in [0.15, 0.2) is 0 Å². The van der Waals surface area contributed by atoms with Crippen molar-refractivity contribution in [2.24, 2.45) is 0 Å². The standard InChI is InChI=1S/C15H13N/c1-11-5-4-8-15-13(11)10-9-12-6-2-3-7-14(12)16-15/h2-10,16H,1H3. The zero-order valence-corrected chi connectivity index (χ0v) is 9.20. The summed E-state index contributed by atoms with van der Waals surface area (Å²) in [6, 6.07) is 14.7. The van der Waals surface area contributed by atoms with E-state index < -0.39 is 0 Å². The van der Waals surface area contributed by atoms with Crippen LogP contribution in [-0.4, -0.2) is 0 Å². The van der Waals surface area contributed by atoms with Crippen LogP contribution in [0.3, 0.4) is 0 Å². The molecule has 0 bridgehead atoms. The molecule has 1 heterocycles. The van der Waals surface area contributed by atoms with Gasteiger partial charge in [0.05, 0.1) is 0 Å². The van der Waals surface area contributed by atoms with Gasteiger partial charge in [-0.05, 0) is 30.2 Å². The van der Waals surface area contributed by atoms with E-state index in [1.165, 1.54) is 28.1 Å². The van der Waals surface area contributed by atoms with Crippen LogP contribution in [0.25, 0.3) is 12.2 Å². The predicted molar refractivity (Wildman–Crippen MR) is 69.8 cm³/mol. The summed E-state index contributed by atoms with van der Waals surface area (Å²) in [5.41, 5.74) is 6.16. The van der Waals surface area contributed by atoms with E-state index in [4.69, 9.17) is 0 Å². The Bertz CT molecular complexity index is 567. The number of anilines is 2. The zero-order valence-electron chi connectivity index (χ0n) is 9.20. The Kier molecular flexibility index (Phi) is 2.03. The van der Waals surface area contributed by atoms with Gasteiger partial charge < -0.3 is 5.32 Å². The quantitative estimate of drug-likeness (QED) is 0.582. The van der Waals surface area contributed by atoms with E-state index in [2.05, 4.69) is 66.9 Å². The number of fused-ring (bicyclic) bond motifs is 2. The molecule has 1 aliphatic rings. The number of nitrogens with one attached hydrogen (secondary N) is 1. The normalized spacial score (nSPS) is 12.3. The van der Waals surface area contributed by atoms with Crippen molar-refractivity contribution in [1.82, 2.24) is 0 Å². The third kappa shape index (κ3) is 1.41. The second-order valence-corrected chi connectivity index (χ2v) is 4.08. The van der Waals surface area contributed by atoms with Crippen LogP contribution in [-0.2, 0) is 0 Å². The first-order chi connectivity index (χ1) is 7.84. The van der Waals surface area contributed by atoms with Crippen LogP contribution < -0.4 is 5.32 Å². The van der Waals surface area contributed by atoms with E-state index in [-0.39, 0.29) is 0 Å². The molecular weight excluding hydrogens is 194 g/mol. The van der Waals surface area contributed by atoms with Crippen molar-refractivity contribution in [2.45, 2.75) is 6.92 Å². The minimum Gasteiger partial charge on any atom is -0.355 e. The minimum absolute atomic E-state index is 1.17. The molecule has 78 valence electrons. The third-order valence-corrected chi connectivity index (χ3v) is 2.98. The minimum atomic E-state index is 1.17. The fourth-order valence-corrected chi connectivity index (χ4v) is 2.09. The van der Waals surface area contributed by atoms with Gasteiger partial charge in [-0.3, -0.25) is 0 Å². The number of hydrogen-bond acceptors (Lipinski definition) is 1. The number of hydrogen-bond donors (Lipinski definition) is 1. The second-order valence-electron chi connectivity index (χ2n) is 4.08. The number of para-hydroxylation sites is 1. The lowest BCUT2D eigenvalue weighted by Crippen LogP contribution is -1.93. The fourth-order valence-electron chi connectivity index (χ4n) is 2.09. The van der Waals surface area contributed by atoms with E-state index in [9.17, 15) is 0 Å². The Balaban J connectivity index is 2.21. The second kappa shape index (κ2) is 3.53. The molecule has 0 aliphatic carbocycles. The van der Waals surface area contributed by atoms with E-state index in [0.717, 1.165) is 0 Å². The summed E-state index contributed by atoms with van der Waals surface area (Å²) in [6.07, 6.45) is 4.35. The monoisotopic (exact) mass is 207 g/mol. The molecule has 2 aromatic rings. The first-order valence-electron chi connectivity index (χ1n) is 5.48. The maximum atomic E-state index is 3.48. The van der Waals surface area contributed by atoms with Crippen LogP contribution in [0.2, 0.25) is 0 Å².